The number of halogens is 1. The predicted octanol–water partition coefficient (Wildman–Crippen LogP) is 4.86. The zero-order valence-electron chi connectivity index (χ0n) is 12.9. The van der Waals surface area contributed by atoms with E-state index in [0.717, 1.165) is 16.7 Å². The van der Waals surface area contributed by atoms with Crippen molar-refractivity contribution < 1.29 is 9.53 Å². The van der Waals surface area contributed by atoms with Gasteiger partial charge in [0.05, 0.1) is 16.6 Å². The second kappa shape index (κ2) is 6.34. The Balaban J connectivity index is 1.76. The second-order valence-electron chi connectivity index (χ2n) is 5.53. The van der Waals surface area contributed by atoms with Crippen LogP contribution in [0.1, 0.15) is 24.3 Å². The van der Waals surface area contributed by atoms with Gasteiger partial charge in [-0.25, -0.2) is 0 Å². The molecule has 2 aromatic carbocycles. The number of hydrogen-bond acceptors (Lipinski definition) is 2. The number of para-hydroxylation sites is 1. The third kappa shape index (κ3) is 3.48. The van der Waals surface area contributed by atoms with Gasteiger partial charge in [0.15, 0.2) is 0 Å². The van der Waals surface area contributed by atoms with Crippen LogP contribution in [0, 0.1) is 0 Å². The number of carbonyl (C=O) groups excluding carboxylic acids is 1. The first-order valence-electron chi connectivity index (χ1n) is 7.38. The third-order valence-corrected chi connectivity index (χ3v) is 3.65. The van der Waals surface area contributed by atoms with E-state index < -0.39 is 0 Å². The summed E-state index contributed by atoms with van der Waals surface area (Å²) in [4.78, 5) is 15.4. The number of aromatic amines is 1. The van der Waals surface area contributed by atoms with E-state index in [-0.39, 0.29) is 12.0 Å². The molecule has 2 N–H and O–H groups in total. The van der Waals surface area contributed by atoms with Gasteiger partial charge in [-0.2, -0.15) is 0 Å². The molecule has 3 rings (SSSR count). The maximum atomic E-state index is 12.3. The molecule has 118 valence electrons. The van der Waals surface area contributed by atoms with Crippen molar-refractivity contribution in [3.8, 4) is 5.75 Å². The molecule has 0 aliphatic heterocycles. The summed E-state index contributed by atoms with van der Waals surface area (Å²) in [5.74, 6) is 0.560. The number of rotatable bonds is 4. The van der Waals surface area contributed by atoms with Crippen LogP contribution in [0.3, 0.4) is 0 Å². The standard InChI is InChI=1S/C18H17ClN2O2/c1-11(2)23-14-8-6-13(7-9-14)20-18(22)16-10-12-4-3-5-15(19)17(12)21-16/h3-11,21H,1-2H3,(H,20,22). The SMILES string of the molecule is CC(C)Oc1ccc(NC(=O)c2cc3cccc(Cl)c3[nH]2)cc1. The molecular formula is C18H17ClN2O2. The number of hydrogen-bond donors (Lipinski definition) is 2. The van der Waals surface area contributed by atoms with Gasteiger partial charge in [0, 0.05) is 11.1 Å². The number of carbonyl (C=O) groups is 1. The fourth-order valence-electron chi connectivity index (χ4n) is 2.33. The van der Waals surface area contributed by atoms with E-state index in [1.165, 1.54) is 0 Å². The average molecular weight is 329 g/mol. The van der Waals surface area contributed by atoms with Crippen LogP contribution in [-0.4, -0.2) is 17.0 Å². The Bertz CT molecular complexity index is 838. The lowest BCUT2D eigenvalue weighted by Crippen LogP contribution is -2.12. The van der Waals surface area contributed by atoms with Crippen LogP contribution in [0.2, 0.25) is 5.02 Å². The maximum absolute atomic E-state index is 12.3. The summed E-state index contributed by atoms with van der Waals surface area (Å²) in [5, 5.41) is 4.35. The normalized spacial score (nSPS) is 11.0. The number of fused-ring (bicyclic) bond motifs is 1. The minimum atomic E-state index is -0.213. The van der Waals surface area contributed by atoms with Gasteiger partial charge in [0.1, 0.15) is 11.4 Å². The molecule has 0 aliphatic carbocycles. The van der Waals surface area contributed by atoms with E-state index in [2.05, 4.69) is 10.3 Å². The van der Waals surface area contributed by atoms with Gasteiger partial charge in [-0.15, -0.1) is 0 Å². The van der Waals surface area contributed by atoms with E-state index in [0.29, 0.717) is 16.4 Å². The molecule has 0 fully saturated rings. The van der Waals surface area contributed by atoms with Crippen molar-refractivity contribution in [2.75, 3.05) is 5.32 Å². The van der Waals surface area contributed by atoms with Crippen molar-refractivity contribution in [2.45, 2.75) is 20.0 Å². The number of nitrogens with one attached hydrogen (secondary N) is 2. The zero-order valence-corrected chi connectivity index (χ0v) is 13.6. The lowest BCUT2D eigenvalue weighted by Gasteiger charge is -2.10. The maximum Gasteiger partial charge on any atom is 0.272 e. The van der Waals surface area contributed by atoms with Crippen LogP contribution in [0.25, 0.3) is 10.9 Å². The second-order valence-corrected chi connectivity index (χ2v) is 5.94. The Labute approximate surface area is 139 Å². The molecule has 1 aromatic heterocycles. The number of H-pyrrole nitrogens is 1. The number of aromatic nitrogens is 1. The highest BCUT2D eigenvalue weighted by molar-refractivity contribution is 6.35. The van der Waals surface area contributed by atoms with Crippen molar-refractivity contribution in [2.24, 2.45) is 0 Å². The molecule has 3 aromatic rings. The van der Waals surface area contributed by atoms with Crippen molar-refractivity contribution in [1.29, 1.82) is 0 Å². The first-order chi connectivity index (χ1) is 11.0. The average Bonchev–Trinajstić information content (AvgIpc) is 2.94. The van der Waals surface area contributed by atoms with Gasteiger partial charge in [-0.05, 0) is 50.2 Å². The van der Waals surface area contributed by atoms with Gasteiger partial charge in [0.25, 0.3) is 5.91 Å². The van der Waals surface area contributed by atoms with Crippen molar-refractivity contribution in [3.63, 3.8) is 0 Å². The summed E-state index contributed by atoms with van der Waals surface area (Å²) < 4.78 is 5.58. The third-order valence-electron chi connectivity index (χ3n) is 3.33. The van der Waals surface area contributed by atoms with Crippen LogP contribution in [0.15, 0.2) is 48.5 Å². The van der Waals surface area contributed by atoms with Crippen molar-refractivity contribution >= 4 is 34.1 Å². The molecule has 0 bridgehead atoms. The Morgan fingerprint density at radius 1 is 1.17 bits per heavy atom. The minimum absolute atomic E-state index is 0.117. The Morgan fingerprint density at radius 2 is 1.91 bits per heavy atom. The summed E-state index contributed by atoms with van der Waals surface area (Å²) in [6, 6.07) is 14.6. The molecule has 0 aliphatic rings. The summed E-state index contributed by atoms with van der Waals surface area (Å²) in [6.45, 7) is 3.94. The molecule has 0 atom stereocenters. The van der Waals surface area contributed by atoms with Gasteiger partial charge in [-0.1, -0.05) is 23.7 Å². The molecular weight excluding hydrogens is 312 g/mol. The summed E-state index contributed by atoms with van der Waals surface area (Å²) >= 11 is 6.12. The Hall–Kier alpha value is -2.46. The van der Waals surface area contributed by atoms with Crippen molar-refractivity contribution in [1.82, 2.24) is 4.98 Å². The van der Waals surface area contributed by atoms with E-state index in [1.807, 2.05) is 50.2 Å². The summed E-state index contributed by atoms with van der Waals surface area (Å²) in [5.41, 5.74) is 1.94. The molecule has 23 heavy (non-hydrogen) atoms. The Morgan fingerprint density at radius 3 is 2.57 bits per heavy atom. The van der Waals surface area contributed by atoms with E-state index in [4.69, 9.17) is 16.3 Å². The number of amides is 1. The van der Waals surface area contributed by atoms with Gasteiger partial charge in [0.2, 0.25) is 0 Å². The monoisotopic (exact) mass is 328 g/mol. The highest BCUT2D eigenvalue weighted by atomic mass is 35.5. The molecule has 0 saturated heterocycles. The van der Waals surface area contributed by atoms with Gasteiger partial charge in [-0.3, -0.25) is 4.79 Å². The van der Waals surface area contributed by atoms with E-state index in [1.54, 1.807) is 12.1 Å². The summed E-state index contributed by atoms with van der Waals surface area (Å²) in [6.07, 6.45) is 0.117. The highest BCUT2D eigenvalue weighted by Crippen LogP contribution is 2.24. The Kier molecular flexibility index (Phi) is 4.26. The lowest BCUT2D eigenvalue weighted by atomic mass is 10.2. The van der Waals surface area contributed by atoms with Crippen LogP contribution in [0.4, 0.5) is 5.69 Å². The molecule has 0 unspecified atom stereocenters. The first-order valence-corrected chi connectivity index (χ1v) is 7.76. The molecule has 5 heteroatoms. The van der Waals surface area contributed by atoms with Crippen LogP contribution >= 0.6 is 11.6 Å². The van der Waals surface area contributed by atoms with Crippen LogP contribution in [-0.2, 0) is 0 Å². The van der Waals surface area contributed by atoms with Gasteiger partial charge >= 0.3 is 0 Å². The quantitative estimate of drug-likeness (QED) is 0.718. The summed E-state index contributed by atoms with van der Waals surface area (Å²) in [7, 11) is 0. The zero-order chi connectivity index (χ0) is 16.4. The topological polar surface area (TPSA) is 54.1 Å². The van der Waals surface area contributed by atoms with Gasteiger partial charge < -0.3 is 15.0 Å². The molecule has 4 nitrogen and oxygen atoms in total. The highest BCUT2D eigenvalue weighted by Gasteiger charge is 2.11. The molecule has 1 heterocycles. The molecule has 0 saturated carbocycles. The van der Waals surface area contributed by atoms with E-state index in [9.17, 15) is 4.79 Å². The smallest absolute Gasteiger partial charge is 0.272 e. The largest absolute Gasteiger partial charge is 0.491 e. The number of anilines is 1. The fourth-order valence-corrected chi connectivity index (χ4v) is 2.56. The van der Waals surface area contributed by atoms with Crippen LogP contribution in [0.5, 0.6) is 5.75 Å². The van der Waals surface area contributed by atoms with E-state index >= 15 is 0 Å². The first kappa shape index (κ1) is 15.4. The number of ether oxygens (including phenoxy) is 1. The number of benzene rings is 2. The molecule has 1 amide bonds. The fraction of sp³-hybridized carbons (Fsp3) is 0.167. The van der Waals surface area contributed by atoms with Crippen molar-refractivity contribution in [3.05, 3.63) is 59.2 Å². The predicted molar refractivity (Wildman–Crippen MR) is 93.5 cm³/mol. The minimum Gasteiger partial charge on any atom is -0.491 e. The lowest BCUT2D eigenvalue weighted by molar-refractivity contribution is 0.102. The van der Waals surface area contributed by atoms with Crippen LogP contribution < -0.4 is 10.1 Å². The molecule has 0 radical (unpaired) electrons. The molecule has 0 spiro atoms.